The van der Waals surface area contributed by atoms with Crippen molar-refractivity contribution in [2.45, 2.75) is 6.42 Å². The molecule has 0 aromatic carbocycles. The maximum Gasteiger partial charge on any atom is 0.227 e. The fourth-order valence-corrected chi connectivity index (χ4v) is 2.75. The van der Waals surface area contributed by atoms with Crippen molar-refractivity contribution in [2.75, 3.05) is 44.3 Å². The van der Waals surface area contributed by atoms with Crippen LogP contribution in [0.5, 0.6) is 0 Å². The van der Waals surface area contributed by atoms with E-state index in [1.54, 1.807) is 12.3 Å². The van der Waals surface area contributed by atoms with E-state index in [9.17, 15) is 4.79 Å². The molecular formula is C14H17N5O2. The van der Waals surface area contributed by atoms with Gasteiger partial charge in [0.2, 0.25) is 11.9 Å². The first-order chi connectivity index (χ1) is 10.3. The van der Waals surface area contributed by atoms with Crippen LogP contribution in [0.2, 0.25) is 0 Å². The van der Waals surface area contributed by atoms with Gasteiger partial charge < -0.3 is 14.5 Å². The van der Waals surface area contributed by atoms with Gasteiger partial charge in [0.15, 0.2) is 0 Å². The summed E-state index contributed by atoms with van der Waals surface area (Å²) in [5.74, 6) is 0.709. The SMILES string of the molecule is N#Cc1ccnc(N2CCC(C(=O)N3CCOCC3)C2)n1. The first-order valence-corrected chi connectivity index (χ1v) is 7.12. The number of nitrogens with zero attached hydrogens (tertiary/aromatic N) is 5. The van der Waals surface area contributed by atoms with Gasteiger partial charge in [-0.15, -0.1) is 0 Å². The predicted octanol–water partition coefficient (Wildman–Crippen LogP) is 0.0334. The summed E-state index contributed by atoms with van der Waals surface area (Å²) < 4.78 is 5.27. The Morgan fingerprint density at radius 1 is 1.38 bits per heavy atom. The van der Waals surface area contributed by atoms with Crippen molar-refractivity contribution >= 4 is 11.9 Å². The number of amides is 1. The van der Waals surface area contributed by atoms with Crippen molar-refractivity contribution in [1.82, 2.24) is 14.9 Å². The lowest BCUT2D eigenvalue weighted by Gasteiger charge is -2.29. The van der Waals surface area contributed by atoms with Crippen LogP contribution in [0.3, 0.4) is 0 Å². The second-order valence-corrected chi connectivity index (χ2v) is 5.22. The van der Waals surface area contributed by atoms with E-state index in [0.29, 0.717) is 44.5 Å². The minimum Gasteiger partial charge on any atom is -0.378 e. The number of anilines is 1. The van der Waals surface area contributed by atoms with Crippen LogP contribution >= 0.6 is 0 Å². The van der Waals surface area contributed by atoms with E-state index in [4.69, 9.17) is 10.00 Å². The number of carbonyl (C=O) groups is 1. The number of morpholine rings is 1. The molecule has 1 aromatic heterocycles. The van der Waals surface area contributed by atoms with E-state index < -0.39 is 0 Å². The van der Waals surface area contributed by atoms with Crippen LogP contribution in [0.25, 0.3) is 0 Å². The Kier molecular flexibility index (Phi) is 3.97. The zero-order valence-corrected chi connectivity index (χ0v) is 11.7. The number of aromatic nitrogens is 2. The van der Waals surface area contributed by atoms with Gasteiger partial charge >= 0.3 is 0 Å². The van der Waals surface area contributed by atoms with Crippen LogP contribution in [0.1, 0.15) is 12.1 Å². The van der Waals surface area contributed by atoms with Gasteiger partial charge in [-0.1, -0.05) is 0 Å². The molecule has 3 heterocycles. The quantitative estimate of drug-likeness (QED) is 0.763. The lowest BCUT2D eigenvalue weighted by Crippen LogP contribution is -2.44. The third kappa shape index (κ3) is 2.95. The van der Waals surface area contributed by atoms with E-state index in [-0.39, 0.29) is 11.8 Å². The average molecular weight is 287 g/mol. The highest BCUT2D eigenvalue weighted by molar-refractivity contribution is 5.80. The van der Waals surface area contributed by atoms with Gasteiger partial charge in [0.05, 0.1) is 19.1 Å². The van der Waals surface area contributed by atoms with Crippen LogP contribution in [0.15, 0.2) is 12.3 Å². The third-order valence-electron chi connectivity index (χ3n) is 3.90. The molecule has 1 atom stereocenters. The normalized spacial score (nSPS) is 22.1. The lowest BCUT2D eigenvalue weighted by atomic mass is 10.1. The fourth-order valence-electron chi connectivity index (χ4n) is 2.75. The lowest BCUT2D eigenvalue weighted by molar-refractivity contribution is -0.138. The zero-order valence-electron chi connectivity index (χ0n) is 11.7. The van der Waals surface area contributed by atoms with Crippen LogP contribution in [0, 0.1) is 17.2 Å². The van der Waals surface area contributed by atoms with Crippen molar-refractivity contribution in [2.24, 2.45) is 5.92 Å². The van der Waals surface area contributed by atoms with Gasteiger partial charge in [0.25, 0.3) is 0 Å². The molecule has 2 saturated heterocycles. The van der Waals surface area contributed by atoms with Crippen LogP contribution in [0.4, 0.5) is 5.95 Å². The molecule has 2 fully saturated rings. The van der Waals surface area contributed by atoms with Gasteiger partial charge in [-0.25, -0.2) is 9.97 Å². The smallest absolute Gasteiger partial charge is 0.227 e. The molecule has 7 heteroatoms. The molecule has 1 amide bonds. The Morgan fingerprint density at radius 3 is 2.95 bits per heavy atom. The molecule has 1 unspecified atom stereocenters. The molecule has 0 bridgehead atoms. The molecule has 1 aromatic rings. The molecular weight excluding hydrogens is 270 g/mol. The molecule has 0 aliphatic carbocycles. The van der Waals surface area contributed by atoms with Crippen LogP contribution in [-0.2, 0) is 9.53 Å². The summed E-state index contributed by atoms with van der Waals surface area (Å²) in [5.41, 5.74) is 0.350. The number of hydrogen-bond acceptors (Lipinski definition) is 6. The third-order valence-corrected chi connectivity index (χ3v) is 3.90. The van der Waals surface area contributed by atoms with Crippen LogP contribution in [-0.4, -0.2) is 60.2 Å². The molecule has 0 radical (unpaired) electrons. The Balaban J connectivity index is 1.64. The highest BCUT2D eigenvalue weighted by Crippen LogP contribution is 2.22. The molecule has 21 heavy (non-hydrogen) atoms. The predicted molar refractivity (Wildman–Crippen MR) is 74.5 cm³/mol. The second-order valence-electron chi connectivity index (χ2n) is 5.22. The Bertz CT molecular complexity index is 565. The molecule has 0 saturated carbocycles. The van der Waals surface area contributed by atoms with Crippen LogP contribution < -0.4 is 4.90 Å². The molecule has 0 N–H and O–H groups in total. The van der Waals surface area contributed by atoms with E-state index in [0.717, 1.165) is 13.0 Å². The topological polar surface area (TPSA) is 82.4 Å². The average Bonchev–Trinajstić information content (AvgIpc) is 3.05. The molecule has 2 aliphatic rings. The maximum absolute atomic E-state index is 12.5. The van der Waals surface area contributed by atoms with Gasteiger partial charge in [-0.3, -0.25) is 4.79 Å². The van der Waals surface area contributed by atoms with Gasteiger partial charge in [0.1, 0.15) is 11.8 Å². The summed E-state index contributed by atoms with van der Waals surface area (Å²) >= 11 is 0. The first-order valence-electron chi connectivity index (χ1n) is 7.12. The summed E-state index contributed by atoms with van der Waals surface area (Å²) in [7, 11) is 0. The largest absolute Gasteiger partial charge is 0.378 e. The van der Waals surface area contributed by atoms with Gasteiger partial charge in [-0.05, 0) is 12.5 Å². The summed E-state index contributed by atoms with van der Waals surface area (Å²) in [4.78, 5) is 24.7. The van der Waals surface area contributed by atoms with Crippen molar-refractivity contribution < 1.29 is 9.53 Å². The Hall–Kier alpha value is -2.20. The standard InChI is InChI=1S/C14H17N5O2/c15-9-12-1-3-16-14(17-12)19-4-2-11(10-19)13(20)18-5-7-21-8-6-18/h1,3,11H,2,4-8,10H2. The van der Waals surface area contributed by atoms with Gasteiger partial charge in [0, 0.05) is 32.4 Å². The summed E-state index contributed by atoms with van der Waals surface area (Å²) in [5, 5.41) is 8.88. The van der Waals surface area contributed by atoms with Gasteiger partial charge in [-0.2, -0.15) is 5.26 Å². The highest BCUT2D eigenvalue weighted by Gasteiger charge is 2.33. The molecule has 3 rings (SSSR count). The highest BCUT2D eigenvalue weighted by atomic mass is 16.5. The van der Waals surface area contributed by atoms with Crippen molar-refractivity contribution in [3.8, 4) is 6.07 Å². The Morgan fingerprint density at radius 2 is 2.19 bits per heavy atom. The summed E-state index contributed by atoms with van der Waals surface area (Å²) in [6, 6.07) is 3.59. The fraction of sp³-hybridized carbons (Fsp3) is 0.571. The maximum atomic E-state index is 12.5. The van der Waals surface area contributed by atoms with E-state index in [2.05, 4.69) is 9.97 Å². The second kappa shape index (κ2) is 6.06. The summed E-state index contributed by atoms with van der Waals surface area (Å²) in [6.07, 6.45) is 2.38. The van der Waals surface area contributed by atoms with Crippen molar-refractivity contribution in [1.29, 1.82) is 5.26 Å². The molecule has 7 nitrogen and oxygen atoms in total. The number of nitriles is 1. The number of hydrogen-bond donors (Lipinski definition) is 0. The number of carbonyl (C=O) groups excluding carboxylic acids is 1. The zero-order chi connectivity index (χ0) is 14.7. The first kappa shape index (κ1) is 13.8. The minimum absolute atomic E-state index is 0.0163. The molecule has 0 spiro atoms. The monoisotopic (exact) mass is 287 g/mol. The minimum atomic E-state index is -0.0163. The number of ether oxygens (including phenoxy) is 1. The Labute approximate surface area is 123 Å². The number of rotatable bonds is 2. The van der Waals surface area contributed by atoms with Crippen molar-refractivity contribution in [3.05, 3.63) is 18.0 Å². The molecule has 2 aliphatic heterocycles. The summed E-state index contributed by atoms with van der Waals surface area (Å²) in [6.45, 7) is 3.96. The van der Waals surface area contributed by atoms with Crippen molar-refractivity contribution in [3.63, 3.8) is 0 Å². The van der Waals surface area contributed by atoms with E-state index in [1.165, 1.54) is 0 Å². The van der Waals surface area contributed by atoms with E-state index >= 15 is 0 Å². The molecule has 110 valence electrons. The van der Waals surface area contributed by atoms with E-state index in [1.807, 2.05) is 15.9 Å².